The van der Waals surface area contributed by atoms with E-state index in [-0.39, 0.29) is 23.0 Å². The van der Waals surface area contributed by atoms with Crippen LogP contribution in [0.4, 0.5) is 22.0 Å². The second-order valence-corrected chi connectivity index (χ2v) is 6.04. The molecular weight excluding hydrogens is 408 g/mol. The zero-order chi connectivity index (χ0) is 15.8. The summed E-state index contributed by atoms with van der Waals surface area (Å²) in [7, 11) is 0. The number of hydrogen-bond donors (Lipinski definition) is 0. The molecule has 1 saturated heterocycles. The van der Waals surface area contributed by atoms with Crippen LogP contribution in [0.2, 0.25) is 0 Å². The molecule has 0 aromatic heterocycles. The van der Waals surface area contributed by atoms with E-state index in [1.807, 2.05) is 0 Å². The van der Waals surface area contributed by atoms with Gasteiger partial charge in [-0.3, -0.25) is 4.79 Å². The highest BCUT2D eigenvalue weighted by molar-refractivity contribution is 14.1. The van der Waals surface area contributed by atoms with E-state index >= 15 is 0 Å². The van der Waals surface area contributed by atoms with Crippen molar-refractivity contribution in [3.8, 4) is 0 Å². The first-order valence-electron chi connectivity index (χ1n) is 6.20. The normalized spacial score (nSPS) is 19.7. The molecule has 0 spiro atoms. The average Bonchev–Trinajstić information content (AvgIpc) is 2.41. The summed E-state index contributed by atoms with van der Waals surface area (Å²) >= 11 is 1.60. The van der Waals surface area contributed by atoms with Crippen LogP contribution in [0.3, 0.4) is 0 Å². The first-order valence-corrected chi connectivity index (χ1v) is 7.28. The lowest BCUT2D eigenvalue weighted by molar-refractivity contribution is -0.184. The van der Waals surface area contributed by atoms with Crippen LogP contribution in [0.25, 0.3) is 0 Å². The number of carbonyl (C=O) groups is 1. The molecule has 0 saturated carbocycles. The minimum Gasteiger partial charge on any atom is -0.338 e. The number of carbonyl (C=O) groups excluding carboxylic acids is 1. The molecule has 2 nitrogen and oxygen atoms in total. The molecule has 8 heteroatoms. The van der Waals surface area contributed by atoms with E-state index in [9.17, 15) is 26.7 Å². The van der Waals surface area contributed by atoms with E-state index in [4.69, 9.17) is 0 Å². The second-order valence-electron chi connectivity index (χ2n) is 4.88. The van der Waals surface area contributed by atoms with E-state index in [0.717, 1.165) is 11.0 Å². The van der Waals surface area contributed by atoms with Gasteiger partial charge in [-0.05, 0) is 41.5 Å². The molecule has 1 fully saturated rings. The van der Waals surface area contributed by atoms with Gasteiger partial charge < -0.3 is 4.90 Å². The molecule has 1 aromatic carbocycles. The Kier molecular flexibility index (Phi) is 4.74. The van der Waals surface area contributed by atoms with Crippen LogP contribution in [-0.2, 0) is 0 Å². The number of halogens is 6. The van der Waals surface area contributed by atoms with E-state index in [1.165, 1.54) is 0 Å². The number of rotatable bonds is 1. The molecule has 2 rings (SSSR count). The molecule has 0 aliphatic carbocycles. The molecule has 1 aliphatic rings. The van der Waals surface area contributed by atoms with Crippen molar-refractivity contribution in [3.05, 3.63) is 32.9 Å². The topological polar surface area (TPSA) is 20.3 Å². The molecule has 0 N–H and O–H groups in total. The maximum Gasteiger partial charge on any atom is 0.393 e. The molecule has 1 amide bonds. The van der Waals surface area contributed by atoms with Crippen LogP contribution in [-0.4, -0.2) is 30.1 Å². The fourth-order valence-corrected chi connectivity index (χ4v) is 2.75. The van der Waals surface area contributed by atoms with Crippen molar-refractivity contribution < 1.29 is 26.7 Å². The lowest BCUT2D eigenvalue weighted by Gasteiger charge is -2.33. The van der Waals surface area contributed by atoms with Crippen molar-refractivity contribution in [1.82, 2.24) is 4.90 Å². The van der Waals surface area contributed by atoms with Gasteiger partial charge in [0.2, 0.25) is 0 Å². The largest absolute Gasteiger partial charge is 0.393 e. The zero-order valence-corrected chi connectivity index (χ0v) is 12.8. The van der Waals surface area contributed by atoms with Crippen LogP contribution in [0.1, 0.15) is 23.2 Å². The summed E-state index contributed by atoms with van der Waals surface area (Å²) < 4.78 is 65.0. The van der Waals surface area contributed by atoms with Crippen LogP contribution >= 0.6 is 22.6 Å². The third-order valence-corrected chi connectivity index (χ3v) is 4.24. The molecule has 1 unspecified atom stereocenters. The van der Waals surface area contributed by atoms with Gasteiger partial charge >= 0.3 is 6.18 Å². The highest BCUT2D eigenvalue weighted by atomic mass is 127. The number of benzene rings is 1. The van der Waals surface area contributed by atoms with E-state index in [0.29, 0.717) is 6.07 Å². The van der Waals surface area contributed by atoms with Crippen molar-refractivity contribution in [3.63, 3.8) is 0 Å². The van der Waals surface area contributed by atoms with Gasteiger partial charge in [0.25, 0.3) is 5.91 Å². The molecule has 1 aromatic rings. The third-order valence-electron chi connectivity index (χ3n) is 3.41. The number of amides is 1. The minimum absolute atomic E-state index is 0.0433. The quantitative estimate of drug-likeness (QED) is 0.383. The summed E-state index contributed by atoms with van der Waals surface area (Å²) in [6.07, 6.45) is -4.22. The molecule has 0 bridgehead atoms. The summed E-state index contributed by atoms with van der Waals surface area (Å²) in [4.78, 5) is 13.1. The lowest BCUT2D eigenvalue weighted by Crippen LogP contribution is -2.44. The Morgan fingerprint density at radius 3 is 2.52 bits per heavy atom. The second kappa shape index (κ2) is 6.05. The predicted molar refractivity (Wildman–Crippen MR) is 73.8 cm³/mol. The molecule has 1 heterocycles. The van der Waals surface area contributed by atoms with Crippen molar-refractivity contribution in [2.24, 2.45) is 5.92 Å². The Morgan fingerprint density at radius 1 is 1.24 bits per heavy atom. The van der Waals surface area contributed by atoms with Crippen molar-refractivity contribution in [2.45, 2.75) is 19.0 Å². The van der Waals surface area contributed by atoms with Crippen molar-refractivity contribution in [1.29, 1.82) is 0 Å². The van der Waals surface area contributed by atoms with Crippen molar-refractivity contribution >= 4 is 28.5 Å². The van der Waals surface area contributed by atoms with E-state index in [2.05, 4.69) is 0 Å². The monoisotopic (exact) mass is 419 g/mol. The van der Waals surface area contributed by atoms with Gasteiger partial charge in [0.05, 0.1) is 11.5 Å². The first-order chi connectivity index (χ1) is 9.70. The van der Waals surface area contributed by atoms with Crippen LogP contribution in [0.15, 0.2) is 12.1 Å². The molecule has 1 atom stereocenters. The summed E-state index contributed by atoms with van der Waals surface area (Å²) in [5, 5.41) is 0. The van der Waals surface area contributed by atoms with Gasteiger partial charge in [-0.2, -0.15) is 13.2 Å². The molecule has 116 valence electrons. The molecule has 1 aliphatic heterocycles. The van der Waals surface area contributed by atoms with Gasteiger partial charge in [0, 0.05) is 22.7 Å². The smallest absolute Gasteiger partial charge is 0.338 e. The molecule has 0 radical (unpaired) electrons. The Balaban J connectivity index is 2.22. The number of hydrogen-bond acceptors (Lipinski definition) is 1. The maximum absolute atomic E-state index is 13.7. The Labute approximate surface area is 131 Å². The number of alkyl halides is 3. The summed E-state index contributed by atoms with van der Waals surface area (Å²) in [6.45, 7) is -0.353. The Morgan fingerprint density at radius 2 is 1.90 bits per heavy atom. The van der Waals surface area contributed by atoms with Gasteiger partial charge in [-0.25, -0.2) is 8.78 Å². The number of nitrogens with zero attached hydrogens (tertiary/aromatic N) is 1. The van der Waals surface area contributed by atoms with Gasteiger partial charge in [0.15, 0.2) is 0 Å². The highest BCUT2D eigenvalue weighted by Gasteiger charge is 2.43. The third kappa shape index (κ3) is 3.64. The zero-order valence-electron chi connectivity index (χ0n) is 10.7. The summed E-state index contributed by atoms with van der Waals surface area (Å²) in [6, 6.07) is 1.59. The predicted octanol–water partition coefficient (Wildman–Crippen LogP) is 3.98. The van der Waals surface area contributed by atoms with Gasteiger partial charge in [-0.1, -0.05) is 0 Å². The number of likely N-dealkylation sites (tertiary alicyclic amines) is 1. The SMILES string of the molecule is O=C(c1cc(I)c(F)cc1F)N1CCCC(C(F)(F)F)C1. The highest BCUT2D eigenvalue weighted by Crippen LogP contribution is 2.33. The fraction of sp³-hybridized carbons (Fsp3) is 0.462. The van der Waals surface area contributed by atoms with Crippen LogP contribution in [0, 0.1) is 21.1 Å². The van der Waals surface area contributed by atoms with Crippen LogP contribution < -0.4 is 0 Å². The first kappa shape index (κ1) is 16.4. The Hall–Kier alpha value is -0.930. The van der Waals surface area contributed by atoms with E-state index in [1.54, 1.807) is 22.6 Å². The summed E-state index contributed by atoms with van der Waals surface area (Å²) in [5.74, 6) is -4.30. The fourth-order valence-electron chi connectivity index (χ4n) is 2.29. The summed E-state index contributed by atoms with van der Waals surface area (Å²) in [5.41, 5.74) is -0.399. The Bertz CT molecular complexity index is 560. The average molecular weight is 419 g/mol. The van der Waals surface area contributed by atoms with E-state index < -0.39 is 41.7 Å². The molecular formula is C13H11F5INO. The lowest BCUT2D eigenvalue weighted by atomic mass is 9.97. The van der Waals surface area contributed by atoms with Crippen molar-refractivity contribution in [2.75, 3.05) is 13.1 Å². The maximum atomic E-state index is 13.7. The number of piperidine rings is 1. The van der Waals surface area contributed by atoms with Gasteiger partial charge in [0.1, 0.15) is 11.6 Å². The van der Waals surface area contributed by atoms with Crippen LogP contribution in [0.5, 0.6) is 0 Å². The minimum atomic E-state index is -4.38. The van der Waals surface area contributed by atoms with Gasteiger partial charge in [-0.15, -0.1) is 0 Å². The molecule has 21 heavy (non-hydrogen) atoms. The standard InChI is InChI=1S/C13H11F5INO/c14-9-5-10(15)11(19)4-8(9)12(21)20-3-1-2-7(6-20)13(16,17)18/h4-5,7H,1-3,6H2.